The fraction of sp³-hybridized carbons (Fsp3) is 0.353. The topological polar surface area (TPSA) is 97.4 Å². The Balaban J connectivity index is 1.49. The Morgan fingerprint density at radius 2 is 1.84 bits per heavy atom. The third-order valence-electron chi connectivity index (χ3n) is 3.55. The minimum atomic E-state index is -0.160. The van der Waals surface area contributed by atoms with E-state index in [9.17, 15) is 4.79 Å². The van der Waals surface area contributed by atoms with Crippen molar-refractivity contribution in [1.82, 2.24) is 15.3 Å². The standard InChI is InChI=1S/C17H21N5O3/c1-3-18-15-9-16(22-11(2)21-15)19-6-7-20-17(23)12-4-5-13-14(8-12)25-10-24-13/h4-5,8-9H,3,6-7,10H2,1-2H3,(H,20,23)(H2,18,19,21,22). The van der Waals surface area contributed by atoms with Crippen LogP contribution in [0.1, 0.15) is 23.1 Å². The van der Waals surface area contributed by atoms with Crippen LogP contribution in [0.5, 0.6) is 11.5 Å². The second kappa shape index (κ2) is 7.69. The molecule has 0 fully saturated rings. The van der Waals surface area contributed by atoms with Gasteiger partial charge in [0.05, 0.1) is 0 Å². The number of aryl methyl sites for hydroxylation is 1. The molecule has 1 amide bonds. The Labute approximate surface area is 146 Å². The van der Waals surface area contributed by atoms with Crippen molar-refractivity contribution in [3.63, 3.8) is 0 Å². The number of hydrogen-bond donors (Lipinski definition) is 3. The predicted molar refractivity (Wildman–Crippen MR) is 94.3 cm³/mol. The highest BCUT2D eigenvalue weighted by molar-refractivity contribution is 5.94. The summed E-state index contributed by atoms with van der Waals surface area (Å²) in [6.07, 6.45) is 0. The van der Waals surface area contributed by atoms with Crippen molar-refractivity contribution >= 4 is 17.5 Å². The van der Waals surface area contributed by atoms with Crippen LogP contribution in [0.15, 0.2) is 24.3 Å². The highest BCUT2D eigenvalue weighted by Gasteiger charge is 2.15. The quantitative estimate of drug-likeness (QED) is 0.659. The fourth-order valence-corrected chi connectivity index (χ4v) is 2.44. The van der Waals surface area contributed by atoms with Crippen molar-refractivity contribution in [2.24, 2.45) is 0 Å². The van der Waals surface area contributed by atoms with Gasteiger partial charge < -0.3 is 25.4 Å². The van der Waals surface area contributed by atoms with Gasteiger partial charge in [-0.3, -0.25) is 4.79 Å². The molecule has 132 valence electrons. The van der Waals surface area contributed by atoms with Crippen LogP contribution in [0.3, 0.4) is 0 Å². The third-order valence-corrected chi connectivity index (χ3v) is 3.55. The lowest BCUT2D eigenvalue weighted by molar-refractivity contribution is 0.0954. The molecular weight excluding hydrogens is 322 g/mol. The molecule has 1 aliphatic rings. The van der Waals surface area contributed by atoms with Gasteiger partial charge in [-0.2, -0.15) is 0 Å². The van der Waals surface area contributed by atoms with Crippen LogP contribution in [0.25, 0.3) is 0 Å². The van der Waals surface area contributed by atoms with Gasteiger partial charge in [0, 0.05) is 31.3 Å². The molecule has 3 rings (SSSR count). The maximum atomic E-state index is 12.2. The first-order valence-corrected chi connectivity index (χ1v) is 8.17. The van der Waals surface area contributed by atoms with Crippen molar-refractivity contribution in [3.8, 4) is 11.5 Å². The van der Waals surface area contributed by atoms with Crippen molar-refractivity contribution in [3.05, 3.63) is 35.7 Å². The number of amides is 1. The normalized spacial score (nSPS) is 11.9. The summed E-state index contributed by atoms with van der Waals surface area (Å²) in [5, 5.41) is 9.20. The number of nitrogens with one attached hydrogen (secondary N) is 3. The van der Waals surface area contributed by atoms with Crippen LogP contribution in [0.4, 0.5) is 11.6 Å². The summed E-state index contributed by atoms with van der Waals surface area (Å²) in [4.78, 5) is 20.8. The van der Waals surface area contributed by atoms with E-state index in [1.165, 1.54) is 0 Å². The molecule has 2 aromatic rings. The van der Waals surface area contributed by atoms with Gasteiger partial charge in [0.2, 0.25) is 6.79 Å². The number of aromatic nitrogens is 2. The zero-order valence-electron chi connectivity index (χ0n) is 14.3. The largest absolute Gasteiger partial charge is 0.454 e. The first kappa shape index (κ1) is 16.8. The summed E-state index contributed by atoms with van der Waals surface area (Å²) >= 11 is 0. The predicted octanol–water partition coefficient (Wildman–Crippen LogP) is 1.79. The summed E-state index contributed by atoms with van der Waals surface area (Å²) < 4.78 is 10.5. The molecule has 2 heterocycles. The highest BCUT2D eigenvalue weighted by Crippen LogP contribution is 2.32. The van der Waals surface area contributed by atoms with Crippen molar-refractivity contribution < 1.29 is 14.3 Å². The molecule has 8 heteroatoms. The van der Waals surface area contributed by atoms with Crippen LogP contribution >= 0.6 is 0 Å². The Bertz CT molecular complexity index is 766. The van der Waals surface area contributed by atoms with Gasteiger partial charge in [-0.05, 0) is 32.0 Å². The Hall–Kier alpha value is -3.03. The molecule has 0 unspecified atom stereocenters. The van der Waals surface area contributed by atoms with Gasteiger partial charge in [-0.15, -0.1) is 0 Å². The van der Waals surface area contributed by atoms with E-state index in [4.69, 9.17) is 9.47 Å². The van der Waals surface area contributed by atoms with Gasteiger partial charge in [0.1, 0.15) is 17.5 Å². The van der Waals surface area contributed by atoms with Gasteiger partial charge in [0.15, 0.2) is 11.5 Å². The van der Waals surface area contributed by atoms with E-state index in [0.29, 0.717) is 36.0 Å². The lowest BCUT2D eigenvalue weighted by atomic mass is 10.2. The minimum Gasteiger partial charge on any atom is -0.454 e. The molecule has 1 aliphatic heterocycles. The second-order valence-electron chi connectivity index (χ2n) is 5.47. The zero-order chi connectivity index (χ0) is 17.6. The lowest BCUT2D eigenvalue weighted by Gasteiger charge is -2.10. The van der Waals surface area contributed by atoms with E-state index in [1.807, 2.05) is 19.9 Å². The summed E-state index contributed by atoms with van der Waals surface area (Å²) in [7, 11) is 0. The van der Waals surface area contributed by atoms with E-state index in [2.05, 4.69) is 25.9 Å². The first-order chi connectivity index (χ1) is 12.2. The fourth-order valence-electron chi connectivity index (χ4n) is 2.44. The number of benzene rings is 1. The number of fused-ring (bicyclic) bond motifs is 1. The molecule has 0 aliphatic carbocycles. The molecule has 0 spiro atoms. The average molecular weight is 343 g/mol. The molecule has 1 aromatic heterocycles. The number of ether oxygens (including phenoxy) is 2. The minimum absolute atomic E-state index is 0.160. The molecule has 3 N–H and O–H groups in total. The third kappa shape index (κ3) is 4.28. The maximum Gasteiger partial charge on any atom is 0.251 e. The molecule has 8 nitrogen and oxygen atoms in total. The van der Waals surface area contributed by atoms with E-state index >= 15 is 0 Å². The van der Waals surface area contributed by atoms with Gasteiger partial charge in [-0.1, -0.05) is 0 Å². The van der Waals surface area contributed by atoms with Crippen LogP contribution in [-0.2, 0) is 0 Å². The smallest absolute Gasteiger partial charge is 0.251 e. The molecule has 0 bridgehead atoms. The Kier molecular flexibility index (Phi) is 5.17. The van der Waals surface area contributed by atoms with Crippen molar-refractivity contribution in [2.45, 2.75) is 13.8 Å². The molecular formula is C17H21N5O3. The molecule has 0 saturated carbocycles. The first-order valence-electron chi connectivity index (χ1n) is 8.17. The number of nitrogens with zero attached hydrogens (tertiary/aromatic N) is 2. The van der Waals surface area contributed by atoms with E-state index in [-0.39, 0.29) is 12.7 Å². The molecule has 0 saturated heterocycles. The number of hydrogen-bond acceptors (Lipinski definition) is 7. The second-order valence-corrected chi connectivity index (χ2v) is 5.47. The monoisotopic (exact) mass is 343 g/mol. The summed E-state index contributed by atoms with van der Waals surface area (Å²) in [5.41, 5.74) is 0.538. The van der Waals surface area contributed by atoms with Crippen molar-refractivity contribution in [2.75, 3.05) is 37.1 Å². The average Bonchev–Trinajstić information content (AvgIpc) is 3.06. The van der Waals surface area contributed by atoms with Crippen molar-refractivity contribution in [1.29, 1.82) is 0 Å². The Morgan fingerprint density at radius 1 is 1.08 bits per heavy atom. The summed E-state index contributed by atoms with van der Waals surface area (Å²) in [6, 6.07) is 6.98. The van der Waals surface area contributed by atoms with E-state index in [0.717, 1.165) is 18.2 Å². The lowest BCUT2D eigenvalue weighted by Crippen LogP contribution is -2.28. The maximum absolute atomic E-state index is 12.2. The van der Waals surface area contributed by atoms with Crippen LogP contribution < -0.4 is 25.4 Å². The number of carbonyl (C=O) groups excluding carboxylic acids is 1. The number of carbonyl (C=O) groups is 1. The summed E-state index contributed by atoms with van der Waals surface area (Å²) in [6.45, 7) is 5.86. The van der Waals surface area contributed by atoms with E-state index in [1.54, 1.807) is 18.2 Å². The summed E-state index contributed by atoms with van der Waals surface area (Å²) in [5.74, 6) is 3.28. The molecule has 25 heavy (non-hydrogen) atoms. The molecule has 0 atom stereocenters. The van der Waals surface area contributed by atoms with Gasteiger partial charge in [0.25, 0.3) is 5.91 Å². The van der Waals surface area contributed by atoms with Gasteiger partial charge in [-0.25, -0.2) is 9.97 Å². The Morgan fingerprint density at radius 3 is 2.64 bits per heavy atom. The van der Waals surface area contributed by atoms with E-state index < -0.39 is 0 Å². The highest BCUT2D eigenvalue weighted by atomic mass is 16.7. The van der Waals surface area contributed by atoms with Crippen LogP contribution in [0.2, 0.25) is 0 Å². The number of anilines is 2. The molecule has 0 radical (unpaired) electrons. The van der Waals surface area contributed by atoms with Crippen LogP contribution in [-0.4, -0.2) is 42.3 Å². The van der Waals surface area contributed by atoms with Gasteiger partial charge >= 0.3 is 0 Å². The molecule has 1 aromatic carbocycles. The number of rotatable bonds is 7. The SMILES string of the molecule is CCNc1cc(NCCNC(=O)c2ccc3c(c2)OCO3)nc(C)n1. The zero-order valence-corrected chi connectivity index (χ0v) is 14.3. The van der Waals surface area contributed by atoms with Crippen LogP contribution in [0, 0.1) is 6.92 Å².